The number of nitrogens with one attached hydrogen (secondary N) is 1. The summed E-state index contributed by atoms with van der Waals surface area (Å²) in [5, 5.41) is 2.28. The highest BCUT2D eigenvalue weighted by Gasteiger charge is 2.18. The standard InChI is InChI=1S/C13H14Cl2FN3O/c1-3-17-12(20)6-19-11-5-9(16)8(15)4-10(11)18-13(19)7(2)14/h4-5,7H,3,6H2,1-2H3,(H,17,20). The second-order valence-corrected chi connectivity index (χ2v) is 5.44. The van der Waals surface area contributed by atoms with E-state index in [-0.39, 0.29) is 17.5 Å². The summed E-state index contributed by atoms with van der Waals surface area (Å²) >= 11 is 11.8. The average Bonchev–Trinajstić information content (AvgIpc) is 2.69. The number of fused-ring (bicyclic) bond motifs is 1. The Morgan fingerprint density at radius 1 is 1.55 bits per heavy atom. The smallest absolute Gasteiger partial charge is 0.239 e. The molecule has 4 nitrogen and oxygen atoms in total. The highest BCUT2D eigenvalue weighted by Crippen LogP contribution is 2.28. The van der Waals surface area contributed by atoms with Gasteiger partial charge in [0, 0.05) is 12.6 Å². The molecule has 2 rings (SSSR count). The van der Waals surface area contributed by atoms with Crippen molar-refractivity contribution in [3.8, 4) is 0 Å². The van der Waals surface area contributed by atoms with E-state index in [1.165, 1.54) is 12.1 Å². The molecule has 0 radical (unpaired) electrons. The molecule has 0 bridgehead atoms. The lowest BCUT2D eigenvalue weighted by Gasteiger charge is -2.10. The Labute approximate surface area is 125 Å². The summed E-state index contributed by atoms with van der Waals surface area (Å²) < 4.78 is 15.2. The van der Waals surface area contributed by atoms with E-state index in [9.17, 15) is 9.18 Å². The Kier molecular flexibility index (Phi) is 4.50. The van der Waals surface area contributed by atoms with Crippen LogP contribution in [-0.2, 0) is 11.3 Å². The third kappa shape index (κ3) is 2.88. The van der Waals surface area contributed by atoms with Crippen molar-refractivity contribution in [2.45, 2.75) is 25.8 Å². The van der Waals surface area contributed by atoms with Crippen LogP contribution in [0.3, 0.4) is 0 Å². The number of benzene rings is 1. The van der Waals surface area contributed by atoms with Crippen molar-refractivity contribution in [1.82, 2.24) is 14.9 Å². The van der Waals surface area contributed by atoms with Gasteiger partial charge in [0.1, 0.15) is 18.2 Å². The summed E-state index contributed by atoms with van der Waals surface area (Å²) in [6.07, 6.45) is 0. The van der Waals surface area contributed by atoms with E-state index in [2.05, 4.69) is 10.3 Å². The molecule has 1 atom stereocenters. The van der Waals surface area contributed by atoms with Gasteiger partial charge >= 0.3 is 0 Å². The minimum absolute atomic E-state index is 0.00562. The first kappa shape index (κ1) is 15.1. The van der Waals surface area contributed by atoms with Gasteiger partial charge in [-0.1, -0.05) is 11.6 Å². The predicted octanol–water partition coefficient (Wildman–Crippen LogP) is 3.26. The van der Waals surface area contributed by atoms with Crippen molar-refractivity contribution in [3.05, 3.63) is 28.8 Å². The molecule has 2 aromatic rings. The normalized spacial score (nSPS) is 12.7. The number of nitrogens with zero attached hydrogens (tertiary/aromatic N) is 2. The van der Waals surface area contributed by atoms with Gasteiger partial charge in [-0.2, -0.15) is 0 Å². The number of carbonyl (C=O) groups is 1. The molecule has 7 heteroatoms. The predicted molar refractivity (Wildman–Crippen MR) is 77.7 cm³/mol. The molecule has 1 heterocycles. The summed E-state index contributed by atoms with van der Waals surface area (Å²) in [6, 6.07) is 2.70. The summed E-state index contributed by atoms with van der Waals surface area (Å²) in [6.45, 7) is 4.14. The number of imidazole rings is 1. The highest BCUT2D eigenvalue weighted by atomic mass is 35.5. The molecule has 0 aliphatic heterocycles. The van der Waals surface area contributed by atoms with Crippen LogP contribution in [0, 0.1) is 5.82 Å². The number of amides is 1. The van der Waals surface area contributed by atoms with Gasteiger partial charge in [0.2, 0.25) is 5.91 Å². The fourth-order valence-corrected chi connectivity index (χ4v) is 2.33. The molecular formula is C13H14Cl2FN3O. The fourth-order valence-electron chi connectivity index (χ4n) is 2.01. The zero-order valence-electron chi connectivity index (χ0n) is 11.1. The van der Waals surface area contributed by atoms with Gasteiger partial charge in [0.25, 0.3) is 0 Å². The van der Waals surface area contributed by atoms with E-state index in [1.807, 2.05) is 6.92 Å². The molecule has 1 unspecified atom stereocenters. The number of halogens is 3. The Morgan fingerprint density at radius 2 is 2.25 bits per heavy atom. The number of rotatable bonds is 4. The number of aromatic nitrogens is 2. The number of carbonyl (C=O) groups excluding carboxylic acids is 1. The molecule has 20 heavy (non-hydrogen) atoms. The molecule has 108 valence electrons. The quantitative estimate of drug-likeness (QED) is 0.880. The molecule has 1 aromatic carbocycles. The zero-order valence-corrected chi connectivity index (χ0v) is 12.6. The van der Waals surface area contributed by atoms with E-state index >= 15 is 0 Å². The summed E-state index contributed by atoms with van der Waals surface area (Å²) in [7, 11) is 0. The molecule has 1 aromatic heterocycles. The van der Waals surface area contributed by atoms with Crippen LogP contribution >= 0.6 is 23.2 Å². The van der Waals surface area contributed by atoms with Crippen LogP contribution < -0.4 is 5.32 Å². The van der Waals surface area contributed by atoms with Crippen molar-refractivity contribution >= 4 is 40.1 Å². The highest BCUT2D eigenvalue weighted by molar-refractivity contribution is 6.31. The van der Waals surface area contributed by atoms with E-state index in [1.54, 1.807) is 11.5 Å². The number of hydrogen-bond donors (Lipinski definition) is 1. The first-order chi connectivity index (χ1) is 9.43. The van der Waals surface area contributed by atoms with Gasteiger partial charge in [0.15, 0.2) is 0 Å². The van der Waals surface area contributed by atoms with Gasteiger partial charge in [-0.25, -0.2) is 9.37 Å². The van der Waals surface area contributed by atoms with Crippen LogP contribution in [0.5, 0.6) is 0 Å². The van der Waals surface area contributed by atoms with E-state index < -0.39 is 11.2 Å². The molecule has 0 aliphatic rings. The van der Waals surface area contributed by atoms with Crippen LogP contribution in [0.1, 0.15) is 25.0 Å². The maximum Gasteiger partial charge on any atom is 0.239 e. The Balaban J connectivity index is 2.56. The Hall–Kier alpha value is -1.33. The lowest BCUT2D eigenvalue weighted by molar-refractivity contribution is -0.121. The van der Waals surface area contributed by atoms with Crippen molar-refractivity contribution < 1.29 is 9.18 Å². The SMILES string of the molecule is CCNC(=O)Cn1c(C(C)Cl)nc2cc(Cl)c(F)cc21. The van der Waals surface area contributed by atoms with Gasteiger partial charge in [0.05, 0.1) is 21.4 Å². The second kappa shape index (κ2) is 5.97. The minimum atomic E-state index is -0.551. The number of hydrogen-bond acceptors (Lipinski definition) is 2. The molecule has 0 aliphatic carbocycles. The van der Waals surface area contributed by atoms with Crippen LogP contribution in [-0.4, -0.2) is 22.0 Å². The molecule has 1 amide bonds. The van der Waals surface area contributed by atoms with Gasteiger partial charge in [-0.3, -0.25) is 4.79 Å². The van der Waals surface area contributed by atoms with Crippen LogP contribution in [0.4, 0.5) is 4.39 Å². The van der Waals surface area contributed by atoms with Crippen LogP contribution in [0.15, 0.2) is 12.1 Å². The second-order valence-electron chi connectivity index (χ2n) is 4.38. The Morgan fingerprint density at radius 3 is 2.85 bits per heavy atom. The third-order valence-corrected chi connectivity index (χ3v) is 3.34. The molecule has 1 N–H and O–H groups in total. The van der Waals surface area contributed by atoms with E-state index in [0.29, 0.717) is 23.4 Å². The van der Waals surface area contributed by atoms with Crippen molar-refractivity contribution in [2.75, 3.05) is 6.54 Å². The first-order valence-electron chi connectivity index (χ1n) is 6.20. The molecule has 0 saturated heterocycles. The first-order valence-corrected chi connectivity index (χ1v) is 7.01. The maximum absolute atomic E-state index is 13.6. The Bertz CT molecular complexity index is 655. The topological polar surface area (TPSA) is 46.9 Å². The minimum Gasteiger partial charge on any atom is -0.355 e. The van der Waals surface area contributed by atoms with Gasteiger partial charge < -0.3 is 9.88 Å². The lowest BCUT2D eigenvalue weighted by Crippen LogP contribution is -2.27. The van der Waals surface area contributed by atoms with Crippen LogP contribution in [0.2, 0.25) is 5.02 Å². The molecule has 0 fully saturated rings. The third-order valence-electron chi connectivity index (χ3n) is 2.85. The fraction of sp³-hybridized carbons (Fsp3) is 0.385. The van der Waals surface area contributed by atoms with Crippen molar-refractivity contribution in [3.63, 3.8) is 0 Å². The zero-order chi connectivity index (χ0) is 14.9. The summed E-state index contributed by atoms with van der Waals surface area (Å²) in [4.78, 5) is 16.1. The molecule has 0 saturated carbocycles. The van der Waals surface area contributed by atoms with E-state index in [4.69, 9.17) is 23.2 Å². The summed E-state index contributed by atoms with van der Waals surface area (Å²) in [5.41, 5.74) is 1.02. The monoisotopic (exact) mass is 317 g/mol. The van der Waals surface area contributed by atoms with E-state index in [0.717, 1.165) is 0 Å². The van der Waals surface area contributed by atoms with Gasteiger partial charge in [-0.05, 0) is 19.9 Å². The number of likely N-dealkylation sites (N-methyl/N-ethyl adjacent to an activating group) is 1. The van der Waals surface area contributed by atoms with Crippen molar-refractivity contribution in [2.24, 2.45) is 0 Å². The summed E-state index contributed by atoms with van der Waals surface area (Å²) in [5.74, 6) is -0.222. The van der Waals surface area contributed by atoms with Gasteiger partial charge in [-0.15, -0.1) is 11.6 Å². The molecule has 0 spiro atoms. The lowest BCUT2D eigenvalue weighted by atomic mass is 10.3. The average molecular weight is 318 g/mol. The maximum atomic E-state index is 13.6. The van der Waals surface area contributed by atoms with Crippen LogP contribution in [0.25, 0.3) is 11.0 Å². The van der Waals surface area contributed by atoms with Crippen molar-refractivity contribution in [1.29, 1.82) is 0 Å². The molecular weight excluding hydrogens is 304 g/mol. The number of alkyl halides is 1. The largest absolute Gasteiger partial charge is 0.355 e.